The molecule has 3 aromatic rings. The maximum atomic E-state index is 9.58. The minimum absolute atomic E-state index is 0.491. The van der Waals surface area contributed by atoms with E-state index in [0.717, 1.165) is 22.3 Å². The molecule has 3 rings (SSSR count). The van der Waals surface area contributed by atoms with E-state index in [2.05, 4.69) is 10.2 Å². The topological polar surface area (TPSA) is 50.9 Å². The van der Waals surface area contributed by atoms with Gasteiger partial charge >= 0.3 is 0 Å². The molecule has 0 spiro atoms. The second kappa shape index (κ2) is 4.23. The SMILES string of the molecule is CC(O)c1cccc(-n2nc3ccccc3n2)c1. The molecule has 1 unspecified atom stereocenters. The highest BCUT2D eigenvalue weighted by atomic mass is 16.3. The van der Waals surface area contributed by atoms with Gasteiger partial charge in [-0.05, 0) is 36.8 Å². The quantitative estimate of drug-likeness (QED) is 0.747. The van der Waals surface area contributed by atoms with Crippen molar-refractivity contribution in [1.82, 2.24) is 15.0 Å². The van der Waals surface area contributed by atoms with Crippen molar-refractivity contribution in [3.8, 4) is 5.69 Å². The standard InChI is InChI=1S/C14H13N3O/c1-10(18)11-5-4-6-12(9-11)17-15-13-7-2-3-8-14(13)16-17/h2-10,18H,1H3. The van der Waals surface area contributed by atoms with Crippen LogP contribution in [0.5, 0.6) is 0 Å². The van der Waals surface area contributed by atoms with Crippen LogP contribution in [-0.4, -0.2) is 20.1 Å². The van der Waals surface area contributed by atoms with Gasteiger partial charge in [0.25, 0.3) is 0 Å². The molecule has 4 heteroatoms. The number of rotatable bonds is 2. The Bertz CT molecular complexity index is 655. The average Bonchev–Trinajstić information content (AvgIpc) is 2.82. The van der Waals surface area contributed by atoms with Crippen molar-refractivity contribution in [2.24, 2.45) is 0 Å². The Morgan fingerprint density at radius 3 is 2.28 bits per heavy atom. The minimum atomic E-state index is -0.491. The number of aliphatic hydroxyl groups is 1. The number of aromatic nitrogens is 3. The van der Waals surface area contributed by atoms with E-state index in [0.29, 0.717) is 0 Å². The van der Waals surface area contributed by atoms with Gasteiger partial charge in [-0.1, -0.05) is 24.3 Å². The first-order valence-electron chi connectivity index (χ1n) is 5.84. The van der Waals surface area contributed by atoms with Crippen molar-refractivity contribution in [3.05, 3.63) is 54.1 Å². The molecule has 0 amide bonds. The Kier molecular flexibility index (Phi) is 2.57. The third-order valence-corrected chi connectivity index (χ3v) is 2.87. The fraction of sp³-hybridized carbons (Fsp3) is 0.143. The van der Waals surface area contributed by atoms with Crippen LogP contribution >= 0.6 is 0 Å². The van der Waals surface area contributed by atoms with Crippen molar-refractivity contribution in [2.75, 3.05) is 0 Å². The molecule has 0 fully saturated rings. The van der Waals surface area contributed by atoms with Gasteiger partial charge in [0.05, 0.1) is 11.8 Å². The highest BCUT2D eigenvalue weighted by Gasteiger charge is 2.06. The molecule has 0 saturated heterocycles. The number of hydrogen-bond donors (Lipinski definition) is 1. The summed E-state index contributed by atoms with van der Waals surface area (Å²) in [4.78, 5) is 1.59. The summed E-state index contributed by atoms with van der Waals surface area (Å²) >= 11 is 0. The zero-order chi connectivity index (χ0) is 12.5. The fourth-order valence-electron chi connectivity index (χ4n) is 1.88. The third-order valence-electron chi connectivity index (χ3n) is 2.87. The maximum Gasteiger partial charge on any atom is 0.113 e. The molecule has 2 aromatic carbocycles. The summed E-state index contributed by atoms with van der Waals surface area (Å²) in [5, 5.41) is 18.4. The highest BCUT2D eigenvalue weighted by Crippen LogP contribution is 2.17. The van der Waals surface area contributed by atoms with Crippen molar-refractivity contribution >= 4 is 11.0 Å². The first-order valence-corrected chi connectivity index (χ1v) is 5.84. The lowest BCUT2D eigenvalue weighted by Gasteiger charge is -2.06. The predicted octanol–water partition coefficient (Wildman–Crippen LogP) is 2.47. The van der Waals surface area contributed by atoms with E-state index in [9.17, 15) is 5.11 Å². The van der Waals surface area contributed by atoms with E-state index in [-0.39, 0.29) is 0 Å². The van der Waals surface area contributed by atoms with Crippen LogP contribution in [0.3, 0.4) is 0 Å². The average molecular weight is 239 g/mol. The second-order valence-electron chi connectivity index (χ2n) is 4.25. The van der Waals surface area contributed by atoms with Crippen molar-refractivity contribution in [2.45, 2.75) is 13.0 Å². The first kappa shape index (κ1) is 10.9. The van der Waals surface area contributed by atoms with Gasteiger partial charge in [-0.2, -0.15) is 4.80 Å². The van der Waals surface area contributed by atoms with E-state index in [1.54, 1.807) is 11.7 Å². The molecule has 90 valence electrons. The summed E-state index contributed by atoms with van der Waals surface area (Å²) in [5.41, 5.74) is 3.43. The van der Waals surface area contributed by atoms with Crippen molar-refractivity contribution < 1.29 is 5.11 Å². The van der Waals surface area contributed by atoms with E-state index < -0.39 is 6.10 Å². The molecule has 1 aromatic heterocycles. The molecule has 0 bridgehead atoms. The van der Waals surface area contributed by atoms with Gasteiger partial charge in [0.15, 0.2) is 0 Å². The molecule has 1 heterocycles. The molecule has 4 nitrogen and oxygen atoms in total. The van der Waals surface area contributed by atoms with Gasteiger partial charge in [0, 0.05) is 0 Å². The van der Waals surface area contributed by atoms with E-state index in [4.69, 9.17) is 0 Å². The zero-order valence-corrected chi connectivity index (χ0v) is 9.99. The van der Waals surface area contributed by atoms with Crippen LogP contribution in [-0.2, 0) is 0 Å². The Labute approximate surface area is 104 Å². The molecule has 0 aliphatic rings. The summed E-state index contributed by atoms with van der Waals surface area (Å²) in [7, 11) is 0. The Balaban J connectivity index is 2.11. The van der Waals surface area contributed by atoms with Crippen LogP contribution in [0.1, 0.15) is 18.6 Å². The predicted molar refractivity (Wildman–Crippen MR) is 69.5 cm³/mol. The normalized spacial score (nSPS) is 12.8. The smallest absolute Gasteiger partial charge is 0.113 e. The Morgan fingerprint density at radius 1 is 1.00 bits per heavy atom. The minimum Gasteiger partial charge on any atom is -0.389 e. The van der Waals surface area contributed by atoms with Gasteiger partial charge < -0.3 is 5.11 Å². The molecular weight excluding hydrogens is 226 g/mol. The first-order chi connectivity index (χ1) is 8.74. The summed E-state index contributed by atoms with van der Waals surface area (Å²) < 4.78 is 0. The van der Waals surface area contributed by atoms with E-state index >= 15 is 0 Å². The summed E-state index contributed by atoms with van der Waals surface area (Å²) in [6.07, 6.45) is -0.491. The maximum absolute atomic E-state index is 9.58. The molecule has 0 aliphatic heterocycles. The van der Waals surface area contributed by atoms with Crippen LogP contribution in [0.15, 0.2) is 48.5 Å². The van der Waals surface area contributed by atoms with E-state index in [1.807, 2.05) is 48.5 Å². The molecule has 0 aliphatic carbocycles. The highest BCUT2D eigenvalue weighted by molar-refractivity contribution is 5.73. The molecule has 1 atom stereocenters. The number of aliphatic hydroxyl groups excluding tert-OH is 1. The lowest BCUT2D eigenvalue weighted by Crippen LogP contribution is -2.00. The molecule has 0 saturated carbocycles. The van der Waals surface area contributed by atoms with Crippen molar-refractivity contribution in [1.29, 1.82) is 0 Å². The van der Waals surface area contributed by atoms with Crippen LogP contribution < -0.4 is 0 Å². The van der Waals surface area contributed by atoms with E-state index in [1.165, 1.54) is 0 Å². The number of fused-ring (bicyclic) bond motifs is 1. The second-order valence-corrected chi connectivity index (χ2v) is 4.25. The van der Waals surface area contributed by atoms with Crippen LogP contribution in [0.2, 0.25) is 0 Å². The van der Waals surface area contributed by atoms with Gasteiger partial charge in [0.1, 0.15) is 11.0 Å². The number of hydrogen-bond acceptors (Lipinski definition) is 3. The Morgan fingerprint density at radius 2 is 1.67 bits per heavy atom. The van der Waals surface area contributed by atoms with Gasteiger partial charge in [-0.25, -0.2) is 0 Å². The molecular formula is C14H13N3O. The zero-order valence-electron chi connectivity index (χ0n) is 9.99. The van der Waals surface area contributed by atoms with Gasteiger partial charge in [-0.3, -0.25) is 0 Å². The fourth-order valence-corrected chi connectivity index (χ4v) is 1.88. The summed E-state index contributed by atoms with van der Waals surface area (Å²) in [5.74, 6) is 0. The van der Waals surface area contributed by atoms with Crippen LogP contribution in [0.25, 0.3) is 16.7 Å². The number of nitrogens with zero attached hydrogens (tertiary/aromatic N) is 3. The number of benzene rings is 2. The summed E-state index contributed by atoms with van der Waals surface area (Å²) in [6, 6.07) is 15.3. The van der Waals surface area contributed by atoms with Gasteiger partial charge in [0.2, 0.25) is 0 Å². The van der Waals surface area contributed by atoms with Crippen LogP contribution in [0, 0.1) is 0 Å². The molecule has 0 radical (unpaired) electrons. The van der Waals surface area contributed by atoms with Gasteiger partial charge in [-0.15, -0.1) is 10.2 Å². The monoisotopic (exact) mass is 239 g/mol. The molecule has 1 N–H and O–H groups in total. The molecule has 18 heavy (non-hydrogen) atoms. The Hall–Kier alpha value is -2.20. The lowest BCUT2D eigenvalue weighted by atomic mass is 10.1. The third kappa shape index (κ3) is 1.87. The summed E-state index contributed by atoms with van der Waals surface area (Å²) in [6.45, 7) is 1.74. The lowest BCUT2D eigenvalue weighted by molar-refractivity contribution is 0.199. The van der Waals surface area contributed by atoms with Crippen molar-refractivity contribution in [3.63, 3.8) is 0 Å². The van der Waals surface area contributed by atoms with Crippen LogP contribution in [0.4, 0.5) is 0 Å². The largest absolute Gasteiger partial charge is 0.389 e.